The fourth-order valence-electron chi connectivity index (χ4n) is 1.37. The van der Waals surface area contributed by atoms with E-state index < -0.39 is 6.43 Å². The van der Waals surface area contributed by atoms with Gasteiger partial charge < -0.3 is 10.6 Å². The number of hydrogen-bond acceptors (Lipinski definition) is 4. The molecule has 2 N–H and O–H groups in total. The van der Waals surface area contributed by atoms with Gasteiger partial charge in [-0.3, -0.25) is 0 Å². The van der Waals surface area contributed by atoms with Crippen LogP contribution in [0.3, 0.4) is 0 Å². The summed E-state index contributed by atoms with van der Waals surface area (Å²) in [4.78, 5) is 1.90. The van der Waals surface area contributed by atoms with E-state index in [0.717, 1.165) is 0 Å². The van der Waals surface area contributed by atoms with Gasteiger partial charge in [0.05, 0.1) is 12.2 Å². The summed E-state index contributed by atoms with van der Waals surface area (Å²) in [5, 5.41) is 7.47. The molecule has 0 aromatic carbocycles. The third kappa shape index (κ3) is 3.21. The summed E-state index contributed by atoms with van der Waals surface area (Å²) >= 11 is 0. The van der Waals surface area contributed by atoms with E-state index in [1.165, 1.54) is 4.68 Å². The molecule has 7 heteroatoms. The van der Waals surface area contributed by atoms with Crippen molar-refractivity contribution in [1.82, 2.24) is 19.9 Å². The molecule has 0 saturated heterocycles. The summed E-state index contributed by atoms with van der Waals surface area (Å²) in [5.41, 5.74) is 5.53. The third-order valence-electron chi connectivity index (χ3n) is 2.19. The molecule has 16 heavy (non-hydrogen) atoms. The maximum absolute atomic E-state index is 12.8. The van der Waals surface area contributed by atoms with E-state index in [1.54, 1.807) is 0 Å². The first-order valence-corrected chi connectivity index (χ1v) is 5.11. The number of nitrogens with zero attached hydrogens (tertiary/aromatic N) is 4. The molecule has 0 aliphatic carbocycles. The lowest BCUT2D eigenvalue weighted by Crippen LogP contribution is -2.20. The number of likely N-dealkylation sites (N-methyl/N-ethyl adjacent to an activating group) is 1. The molecule has 0 spiro atoms. The average Bonchev–Trinajstić information content (AvgIpc) is 2.58. The Morgan fingerprint density at radius 2 is 2.12 bits per heavy atom. The van der Waals surface area contributed by atoms with Gasteiger partial charge in [-0.05, 0) is 20.6 Å². The highest BCUT2D eigenvalue weighted by atomic mass is 19.3. The van der Waals surface area contributed by atoms with Crippen molar-refractivity contribution in [3.63, 3.8) is 0 Å². The van der Waals surface area contributed by atoms with Crippen LogP contribution in [0, 0.1) is 0 Å². The van der Waals surface area contributed by atoms with Gasteiger partial charge in [0.1, 0.15) is 5.69 Å². The molecule has 0 aliphatic rings. The van der Waals surface area contributed by atoms with Gasteiger partial charge in [0.15, 0.2) is 0 Å². The molecule has 1 aromatic heterocycles. The average molecular weight is 233 g/mol. The highest BCUT2D eigenvalue weighted by Gasteiger charge is 2.20. The summed E-state index contributed by atoms with van der Waals surface area (Å²) in [7, 11) is 3.75. The van der Waals surface area contributed by atoms with Crippen LogP contribution in [0.1, 0.15) is 17.8 Å². The zero-order chi connectivity index (χ0) is 12.1. The van der Waals surface area contributed by atoms with E-state index >= 15 is 0 Å². The summed E-state index contributed by atoms with van der Waals surface area (Å²) in [6, 6.07) is 0. The molecular formula is C9H17F2N5. The molecule has 1 heterocycles. The Kier molecular flexibility index (Phi) is 4.75. The molecule has 0 atom stereocenters. The second-order valence-electron chi connectivity index (χ2n) is 3.79. The number of nitrogens with two attached hydrogens (primary N) is 1. The van der Waals surface area contributed by atoms with E-state index in [2.05, 4.69) is 10.3 Å². The molecule has 0 unspecified atom stereocenters. The normalized spacial score (nSPS) is 11.7. The standard InChI is InChI=1S/C9H17F2N5/c1-15(2)5-6-16-8(9(10)11)7(3-4-12)13-14-16/h9H,3-6,12H2,1-2H3. The van der Waals surface area contributed by atoms with E-state index in [0.29, 0.717) is 31.7 Å². The van der Waals surface area contributed by atoms with Crippen molar-refractivity contribution in [2.75, 3.05) is 27.2 Å². The van der Waals surface area contributed by atoms with Gasteiger partial charge >= 0.3 is 0 Å². The molecule has 0 bridgehead atoms. The van der Waals surface area contributed by atoms with Gasteiger partial charge in [0.2, 0.25) is 0 Å². The van der Waals surface area contributed by atoms with E-state index in [1.807, 2.05) is 19.0 Å². The lowest BCUT2D eigenvalue weighted by molar-refractivity contribution is 0.137. The van der Waals surface area contributed by atoms with Crippen molar-refractivity contribution in [3.8, 4) is 0 Å². The van der Waals surface area contributed by atoms with E-state index in [9.17, 15) is 8.78 Å². The first-order valence-electron chi connectivity index (χ1n) is 5.11. The fraction of sp³-hybridized carbons (Fsp3) is 0.778. The molecular weight excluding hydrogens is 216 g/mol. The van der Waals surface area contributed by atoms with Crippen LogP contribution in [0.2, 0.25) is 0 Å². The predicted octanol–water partition coefficient (Wildman–Crippen LogP) is 0.278. The van der Waals surface area contributed by atoms with Gasteiger partial charge in [-0.15, -0.1) is 5.10 Å². The lowest BCUT2D eigenvalue weighted by atomic mass is 10.2. The molecule has 0 radical (unpaired) electrons. The van der Waals surface area contributed by atoms with Gasteiger partial charge in [-0.2, -0.15) is 0 Å². The van der Waals surface area contributed by atoms with Crippen LogP contribution < -0.4 is 5.73 Å². The molecule has 92 valence electrons. The Morgan fingerprint density at radius 3 is 2.62 bits per heavy atom. The number of aromatic nitrogens is 3. The molecule has 1 aromatic rings. The van der Waals surface area contributed by atoms with Crippen LogP contribution in [0.4, 0.5) is 8.78 Å². The molecule has 0 fully saturated rings. The van der Waals surface area contributed by atoms with Crippen molar-refractivity contribution >= 4 is 0 Å². The number of hydrogen-bond donors (Lipinski definition) is 1. The van der Waals surface area contributed by atoms with E-state index in [-0.39, 0.29) is 5.69 Å². The van der Waals surface area contributed by atoms with Crippen LogP contribution >= 0.6 is 0 Å². The Bertz CT molecular complexity index is 324. The first kappa shape index (κ1) is 13.0. The van der Waals surface area contributed by atoms with Crippen molar-refractivity contribution in [2.24, 2.45) is 5.73 Å². The Hall–Kier alpha value is -1.08. The van der Waals surface area contributed by atoms with Gasteiger partial charge in [-0.1, -0.05) is 5.21 Å². The third-order valence-corrected chi connectivity index (χ3v) is 2.19. The van der Waals surface area contributed by atoms with Crippen LogP contribution in [0.15, 0.2) is 0 Å². The highest BCUT2D eigenvalue weighted by Crippen LogP contribution is 2.21. The van der Waals surface area contributed by atoms with Gasteiger partial charge in [0.25, 0.3) is 6.43 Å². The first-order chi connectivity index (χ1) is 7.56. The minimum absolute atomic E-state index is 0.104. The predicted molar refractivity (Wildman–Crippen MR) is 56.3 cm³/mol. The number of rotatable bonds is 6. The van der Waals surface area contributed by atoms with Crippen LogP contribution in [0.5, 0.6) is 0 Å². The second-order valence-corrected chi connectivity index (χ2v) is 3.79. The molecule has 1 rings (SSSR count). The van der Waals surface area contributed by atoms with Gasteiger partial charge in [0, 0.05) is 13.0 Å². The smallest absolute Gasteiger partial charge is 0.281 e. The Balaban J connectivity index is 2.82. The topological polar surface area (TPSA) is 60.0 Å². The maximum Gasteiger partial charge on any atom is 0.281 e. The monoisotopic (exact) mass is 233 g/mol. The number of halogens is 2. The van der Waals surface area contributed by atoms with E-state index in [4.69, 9.17) is 5.73 Å². The minimum atomic E-state index is -2.56. The van der Waals surface area contributed by atoms with Crippen molar-refractivity contribution < 1.29 is 8.78 Å². The zero-order valence-electron chi connectivity index (χ0n) is 9.53. The second kappa shape index (κ2) is 5.86. The fourth-order valence-corrected chi connectivity index (χ4v) is 1.37. The summed E-state index contributed by atoms with van der Waals surface area (Å²) in [6.45, 7) is 1.35. The van der Waals surface area contributed by atoms with Crippen molar-refractivity contribution in [2.45, 2.75) is 19.4 Å². The Labute approximate surface area is 93.2 Å². The van der Waals surface area contributed by atoms with Gasteiger partial charge in [-0.25, -0.2) is 13.5 Å². The molecule has 0 saturated carbocycles. The quantitative estimate of drug-likeness (QED) is 0.766. The highest BCUT2D eigenvalue weighted by molar-refractivity contribution is 5.12. The SMILES string of the molecule is CN(C)CCn1nnc(CCN)c1C(F)F. The van der Waals surface area contributed by atoms with Crippen molar-refractivity contribution in [1.29, 1.82) is 0 Å². The van der Waals surface area contributed by atoms with Crippen LogP contribution in [-0.2, 0) is 13.0 Å². The minimum Gasteiger partial charge on any atom is -0.330 e. The van der Waals surface area contributed by atoms with Crippen LogP contribution in [0.25, 0.3) is 0 Å². The molecule has 5 nitrogen and oxygen atoms in total. The van der Waals surface area contributed by atoms with Crippen LogP contribution in [-0.4, -0.2) is 47.1 Å². The summed E-state index contributed by atoms with van der Waals surface area (Å²) in [5.74, 6) is 0. The van der Waals surface area contributed by atoms with Crippen molar-refractivity contribution in [3.05, 3.63) is 11.4 Å². The maximum atomic E-state index is 12.8. The molecule has 0 aliphatic heterocycles. The largest absolute Gasteiger partial charge is 0.330 e. The zero-order valence-corrected chi connectivity index (χ0v) is 9.53. The summed E-state index contributed by atoms with van der Waals surface area (Å²) < 4.78 is 26.9. The lowest BCUT2D eigenvalue weighted by Gasteiger charge is -2.11. The molecule has 0 amide bonds. The summed E-state index contributed by atoms with van der Waals surface area (Å²) in [6.07, 6.45) is -2.22. The number of alkyl halides is 2. The Morgan fingerprint density at radius 1 is 1.44 bits per heavy atom.